The first-order chi connectivity index (χ1) is 17.3. The van der Waals surface area contributed by atoms with E-state index in [1.807, 2.05) is 64.5 Å². The molecule has 3 aliphatic rings. The number of hydrazone groups is 1. The fourth-order valence-corrected chi connectivity index (χ4v) is 4.97. The van der Waals surface area contributed by atoms with Crippen LogP contribution in [0.5, 0.6) is 11.5 Å². The van der Waals surface area contributed by atoms with Gasteiger partial charge in [-0.1, -0.05) is 39.0 Å². The molecule has 3 aliphatic heterocycles. The molecular formula is C28H34N6O2. The maximum absolute atomic E-state index is 12.9. The van der Waals surface area contributed by atoms with Crippen LogP contribution in [0.3, 0.4) is 0 Å². The Kier molecular flexibility index (Phi) is 6.62. The number of ether oxygens (including phenoxy) is 1. The minimum absolute atomic E-state index is 0.0405. The third kappa shape index (κ3) is 5.18. The summed E-state index contributed by atoms with van der Waals surface area (Å²) in [7, 11) is 0. The quantitative estimate of drug-likeness (QED) is 0.683. The molecule has 188 valence electrons. The zero-order chi connectivity index (χ0) is 25.3. The van der Waals surface area contributed by atoms with Crippen molar-refractivity contribution < 1.29 is 9.53 Å². The van der Waals surface area contributed by atoms with Gasteiger partial charge in [-0.05, 0) is 60.2 Å². The number of carbonyl (C=O) groups is 1. The summed E-state index contributed by atoms with van der Waals surface area (Å²) in [6, 6.07) is 17.6. The largest absolute Gasteiger partial charge is 0.457 e. The maximum atomic E-state index is 12.9. The predicted molar refractivity (Wildman–Crippen MR) is 142 cm³/mol. The highest BCUT2D eigenvalue weighted by atomic mass is 16.5. The molecule has 2 N–H and O–H groups in total. The van der Waals surface area contributed by atoms with Gasteiger partial charge < -0.3 is 15.4 Å². The molecule has 36 heavy (non-hydrogen) atoms. The normalized spacial score (nSPS) is 23.7. The predicted octanol–water partition coefficient (Wildman–Crippen LogP) is 4.27. The van der Waals surface area contributed by atoms with Gasteiger partial charge in [-0.15, -0.1) is 0 Å². The van der Waals surface area contributed by atoms with Gasteiger partial charge in [0.2, 0.25) is 5.91 Å². The molecule has 1 amide bonds. The van der Waals surface area contributed by atoms with Gasteiger partial charge in [0.15, 0.2) is 0 Å². The van der Waals surface area contributed by atoms with Crippen LogP contribution in [0.1, 0.15) is 45.6 Å². The van der Waals surface area contributed by atoms with Crippen molar-refractivity contribution in [2.45, 2.75) is 52.2 Å². The zero-order valence-corrected chi connectivity index (χ0v) is 21.2. The highest BCUT2D eigenvalue weighted by molar-refractivity contribution is 6.19. The summed E-state index contributed by atoms with van der Waals surface area (Å²) in [5.41, 5.74) is 8.21. The van der Waals surface area contributed by atoms with Gasteiger partial charge in [0.1, 0.15) is 29.8 Å². The minimum atomic E-state index is -0.455. The number of para-hydroxylation sites is 1. The SMILES string of the molecule is CC(C)(C)CC(=O)N1CCC[C@@H](N2N=C(c3ccc(Oc4ccccc4)cc3)C3C2=NC=NC3N)C1. The van der Waals surface area contributed by atoms with Gasteiger partial charge in [-0.3, -0.25) is 9.79 Å². The zero-order valence-electron chi connectivity index (χ0n) is 21.2. The van der Waals surface area contributed by atoms with Crippen molar-refractivity contribution in [1.29, 1.82) is 0 Å². The van der Waals surface area contributed by atoms with E-state index in [9.17, 15) is 4.79 Å². The number of piperidine rings is 1. The van der Waals surface area contributed by atoms with Crippen LogP contribution in [-0.4, -0.2) is 59.0 Å². The first kappa shape index (κ1) is 24.2. The molecule has 1 fully saturated rings. The van der Waals surface area contributed by atoms with Crippen molar-refractivity contribution >= 4 is 23.8 Å². The average molecular weight is 487 g/mol. The molecule has 0 radical (unpaired) electrons. The van der Waals surface area contributed by atoms with Crippen molar-refractivity contribution in [2.24, 2.45) is 32.2 Å². The number of rotatable bonds is 5. The number of nitrogens with zero attached hydrogens (tertiary/aromatic N) is 5. The number of fused-ring (bicyclic) bond motifs is 1. The van der Waals surface area contributed by atoms with E-state index < -0.39 is 6.17 Å². The number of carbonyl (C=O) groups excluding carboxylic acids is 1. The highest BCUT2D eigenvalue weighted by Gasteiger charge is 2.43. The van der Waals surface area contributed by atoms with E-state index in [4.69, 9.17) is 15.6 Å². The standard InChI is InChI=1S/C28H34N6O2/c1-28(2,3)16-23(35)33-15-7-8-20(17-33)34-27-24(26(29)30-18-31-27)25(32-34)19-11-13-22(14-12-19)36-21-9-5-4-6-10-21/h4-6,9-14,18,20,24,26H,7-8,15-17,29H2,1-3H3/t20-,24?,26?/m1/s1. The van der Waals surface area contributed by atoms with Crippen molar-refractivity contribution in [1.82, 2.24) is 9.91 Å². The summed E-state index contributed by atoms with van der Waals surface area (Å²) >= 11 is 0. The Morgan fingerprint density at radius 3 is 2.53 bits per heavy atom. The first-order valence-electron chi connectivity index (χ1n) is 12.6. The molecule has 0 bridgehead atoms. The Hall–Kier alpha value is -3.52. The van der Waals surface area contributed by atoms with E-state index in [0.29, 0.717) is 13.0 Å². The van der Waals surface area contributed by atoms with E-state index in [0.717, 1.165) is 48.0 Å². The molecule has 2 aromatic carbocycles. The van der Waals surface area contributed by atoms with Crippen LogP contribution in [0.25, 0.3) is 0 Å². The molecule has 3 heterocycles. The maximum Gasteiger partial charge on any atom is 0.223 e. The third-order valence-corrected chi connectivity index (χ3v) is 6.70. The van der Waals surface area contributed by atoms with E-state index >= 15 is 0 Å². The average Bonchev–Trinajstić information content (AvgIpc) is 3.25. The minimum Gasteiger partial charge on any atom is -0.457 e. The molecule has 0 saturated carbocycles. The fraction of sp³-hybridized carbons (Fsp3) is 0.429. The Balaban J connectivity index is 1.38. The summed E-state index contributed by atoms with van der Waals surface area (Å²) < 4.78 is 5.95. The second kappa shape index (κ2) is 9.85. The molecule has 5 rings (SSSR count). The molecule has 2 unspecified atom stereocenters. The molecule has 3 atom stereocenters. The number of aliphatic imine (C=N–C) groups is 2. The van der Waals surface area contributed by atoms with Gasteiger partial charge in [0.25, 0.3) is 0 Å². The summed E-state index contributed by atoms with van der Waals surface area (Å²) in [4.78, 5) is 23.9. The van der Waals surface area contributed by atoms with Gasteiger partial charge in [0, 0.05) is 19.5 Å². The van der Waals surface area contributed by atoms with Gasteiger partial charge in [-0.2, -0.15) is 5.10 Å². The molecule has 0 spiro atoms. The van der Waals surface area contributed by atoms with Crippen LogP contribution in [0.4, 0.5) is 0 Å². The molecule has 1 saturated heterocycles. The summed E-state index contributed by atoms with van der Waals surface area (Å²) in [5.74, 6) is 2.32. The molecule has 8 heteroatoms. The van der Waals surface area contributed by atoms with E-state index in [2.05, 4.69) is 30.8 Å². The van der Waals surface area contributed by atoms with Gasteiger partial charge >= 0.3 is 0 Å². The van der Waals surface area contributed by atoms with E-state index in [1.165, 1.54) is 6.34 Å². The summed E-state index contributed by atoms with van der Waals surface area (Å²) in [6.07, 6.45) is 3.49. The Labute approximate surface area is 212 Å². The number of nitrogens with two attached hydrogens (primary N) is 1. The Morgan fingerprint density at radius 1 is 1.08 bits per heavy atom. The molecule has 8 nitrogen and oxygen atoms in total. The van der Waals surface area contributed by atoms with E-state index in [1.54, 1.807) is 0 Å². The molecule has 0 aliphatic carbocycles. The number of amidine groups is 1. The second-order valence-electron chi connectivity index (χ2n) is 10.9. The van der Waals surface area contributed by atoms with Crippen LogP contribution < -0.4 is 10.5 Å². The van der Waals surface area contributed by atoms with Crippen LogP contribution in [0.15, 0.2) is 69.7 Å². The van der Waals surface area contributed by atoms with Gasteiger partial charge in [0.05, 0.1) is 17.7 Å². The van der Waals surface area contributed by atoms with Crippen LogP contribution in [-0.2, 0) is 4.79 Å². The number of hydrogen-bond acceptors (Lipinski definition) is 7. The molecule has 2 aromatic rings. The van der Waals surface area contributed by atoms with Crippen molar-refractivity contribution in [3.05, 3.63) is 60.2 Å². The fourth-order valence-electron chi connectivity index (χ4n) is 4.97. The molecule has 0 aromatic heterocycles. The Bertz CT molecular complexity index is 1180. The monoisotopic (exact) mass is 486 g/mol. The molecular weight excluding hydrogens is 452 g/mol. The van der Waals surface area contributed by atoms with Crippen LogP contribution in [0.2, 0.25) is 0 Å². The number of hydrogen-bond donors (Lipinski definition) is 1. The summed E-state index contributed by atoms with van der Waals surface area (Å²) in [5, 5.41) is 7.04. The lowest BCUT2D eigenvalue weighted by molar-refractivity contribution is -0.134. The summed E-state index contributed by atoms with van der Waals surface area (Å²) in [6.45, 7) is 7.72. The Morgan fingerprint density at radius 2 is 1.81 bits per heavy atom. The van der Waals surface area contributed by atoms with Crippen molar-refractivity contribution in [3.8, 4) is 11.5 Å². The lowest BCUT2D eigenvalue weighted by Gasteiger charge is -2.38. The van der Waals surface area contributed by atoms with Crippen LogP contribution in [0, 0.1) is 11.3 Å². The van der Waals surface area contributed by atoms with Crippen LogP contribution >= 0.6 is 0 Å². The lowest BCUT2D eigenvalue weighted by atomic mass is 9.91. The number of amides is 1. The van der Waals surface area contributed by atoms with E-state index in [-0.39, 0.29) is 23.3 Å². The van der Waals surface area contributed by atoms with Gasteiger partial charge in [-0.25, -0.2) is 10.0 Å². The highest BCUT2D eigenvalue weighted by Crippen LogP contribution is 2.32. The number of likely N-dealkylation sites (tertiary alicyclic amines) is 1. The van der Waals surface area contributed by atoms with Crippen molar-refractivity contribution in [2.75, 3.05) is 13.1 Å². The topological polar surface area (TPSA) is 95.9 Å². The number of benzene rings is 2. The van der Waals surface area contributed by atoms with Crippen molar-refractivity contribution in [3.63, 3.8) is 0 Å². The second-order valence-corrected chi connectivity index (χ2v) is 10.9. The smallest absolute Gasteiger partial charge is 0.223 e. The lowest BCUT2D eigenvalue weighted by Crippen LogP contribution is -2.51. The first-order valence-corrected chi connectivity index (χ1v) is 12.6. The third-order valence-electron chi connectivity index (χ3n) is 6.70.